The number of fused-ring (bicyclic) bond motifs is 1. The second kappa shape index (κ2) is 5.53. The average molecular weight is 322 g/mol. The molecular formula is C14H12F2N4OS. The van der Waals surface area contributed by atoms with Crippen molar-refractivity contribution in [2.45, 2.75) is 18.5 Å². The van der Waals surface area contributed by atoms with Crippen LogP contribution in [0.2, 0.25) is 0 Å². The first-order chi connectivity index (χ1) is 10.5. The van der Waals surface area contributed by atoms with Gasteiger partial charge in [0.15, 0.2) is 16.7 Å². The summed E-state index contributed by atoms with van der Waals surface area (Å²) in [6, 6.07) is 1.33. The summed E-state index contributed by atoms with van der Waals surface area (Å²) in [5.74, 6) is -1.02. The van der Waals surface area contributed by atoms with E-state index in [-0.39, 0.29) is 10.9 Å². The molecule has 3 heterocycles. The maximum atomic E-state index is 13.6. The first-order valence-corrected chi connectivity index (χ1v) is 8.07. The van der Waals surface area contributed by atoms with E-state index >= 15 is 0 Å². The largest absolute Gasteiger partial charge is 0.332 e. The molecular weight excluding hydrogens is 310 g/mol. The maximum Gasteiger partial charge on any atom is 0.176 e. The van der Waals surface area contributed by atoms with E-state index in [0.29, 0.717) is 23.1 Å². The van der Waals surface area contributed by atoms with Crippen molar-refractivity contribution in [3.63, 3.8) is 0 Å². The zero-order chi connectivity index (χ0) is 15.9. The zero-order valence-electron chi connectivity index (χ0n) is 11.9. The number of halogens is 2. The lowest BCUT2D eigenvalue weighted by Gasteiger charge is -2.02. The molecule has 0 aliphatic rings. The van der Waals surface area contributed by atoms with E-state index in [1.807, 2.05) is 11.5 Å². The van der Waals surface area contributed by atoms with Crippen molar-refractivity contribution in [1.82, 2.24) is 19.5 Å². The van der Waals surface area contributed by atoms with Crippen LogP contribution in [0.1, 0.15) is 6.92 Å². The van der Waals surface area contributed by atoms with Gasteiger partial charge in [0.2, 0.25) is 0 Å². The molecule has 0 aromatic carbocycles. The van der Waals surface area contributed by atoms with Crippen LogP contribution in [0.3, 0.4) is 0 Å². The van der Waals surface area contributed by atoms with Crippen molar-refractivity contribution in [3.8, 4) is 11.4 Å². The Bertz CT molecular complexity index is 894. The summed E-state index contributed by atoms with van der Waals surface area (Å²) >= 11 is 0. The number of nitrogens with zero attached hydrogens (tertiary/aromatic N) is 4. The number of pyridine rings is 1. The van der Waals surface area contributed by atoms with Gasteiger partial charge in [0.1, 0.15) is 11.5 Å². The number of hydrogen-bond donors (Lipinski definition) is 0. The van der Waals surface area contributed by atoms with Gasteiger partial charge in [0.25, 0.3) is 0 Å². The second-order valence-electron chi connectivity index (χ2n) is 4.65. The fourth-order valence-corrected chi connectivity index (χ4v) is 2.79. The van der Waals surface area contributed by atoms with Crippen LogP contribution in [0.15, 0.2) is 29.7 Å². The summed E-state index contributed by atoms with van der Waals surface area (Å²) in [7, 11) is -1.58. The van der Waals surface area contributed by atoms with Gasteiger partial charge in [-0.1, -0.05) is 0 Å². The normalized spacial score (nSPS) is 12.7. The molecule has 0 spiro atoms. The number of aryl methyl sites for hydroxylation is 1. The minimum Gasteiger partial charge on any atom is -0.332 e. The number of rotatable bonds is 3. The van der Waals surface area contributed by atoms with Crippen LogP contribution in [-0.2, 0) is 17.3 Å². The highest BCUT2D eigenvalue weighted by molar-refractivity contribution is 7.84. The fourth-order valence-electron chi connectivity index (χ4n) is 2.25. The van der Waals surface area contributed by atoms with E-state index in [1.165, 1.54) is 12.3 Å². The van der Waals surface area contributed by atoms with Gasteiger partial charge < -0.3 is 4.57 Å². The van der Waals surface area contributed by atoms with Gasteiger partial charge >= 0.3 is 0 Å². The van der Waals surface area contributed by atoms with Crippen LogP contribution in [0, 0.1) is 11.6 Å². The molecule has 0 radical (unpaired) electrons. The van der Waals surface area contributed by atoms with Crippen LogP contribution in [0.5, 0.6) is 0 Å². The van der Waals surface area contributed by atoms with E-state index in [1.54, 1.807) is 6.20 Å². The molecule has 0 aliphatic carbocycles. The lowest BCUT2D eigenvalue weighted by atomic mass is 10.2. The first-order valence-electron chi connectivity index (χ1n) is 6.52. The molecule has 0 bridgehead atoms. The Morgan fingerprint density at radius 3 is 2.73 bits per heavy atom. The van der Waals surface area contributed by atoms with Crippen molar-refractivity contribution in [3.05, 3.63) is 36.3 Å². The molecule has 0 saturated heterocycles. The molecule has 3 aromatic heterocycles. The Hall–Kier alpha value is -2.22. The van der Waals surface area contributed by atoms with Gasteiger partial charge in [-0.3, -0.25) is 4.21 Å². The van der Waals surface area contributed by atoms with Crippen LogP contribution < -0.4 is 0 Å². The molecule has 0 saturated carbocycles. The average Bonchev–Trinajstić information content (AvgIpc) is 2.85. The smallest absolute Gasteiger partial charge is 0.176 e. The quantitative estimate of drug-likeness (QED) is 0.695. The van der Waals surface area contributed by atoms with Gasteiger partial charge in [0.05, 0.1) is 23.2 Å². The van der Waals surface area contributed by atoms with Crippen molar-refractivity contribution in [2.24, 2.45) is 0 Å². The molecule has 0 amide bonds. The Morgan fingerprint density at radius 2 is 2.05 bits per heavy atom. The lowest BCUT2D eigenvalue weighted by Crippen LogP contribution is -2.01. The maximum absolute atomic E-state index is 13.6. The van der Waals surface area contributed by atoms with Crippen molar-refractivity contribution in [1.29, 1.82) is 0 Å². The molecule has 1 unspecified atom stereocenters. The SMILES string of the molecule is CCn1cc(-c2ncc(F)c(S(C)=O)n2)c2cc(F)cnc21. The highest BCUT2D eigenvalue weighted by atomic mass is 32.2. The van der Waals surface area contributed by atoms with Gasteiger partial charge in [0, 0.05) is 29.9 Å². The summed E-state index contributed by atoms with van der Waals surface area (Å²) in [4.78, 5) is 12.0. The number of aromatic nitrogens is 4. The molecule has 1 atom stereocenters. The topological polar surface area (TPSA) is 60.7 Å². The third-order valence-electron chi connectivity index (χ3n) is 3.25. The van der Waals surface area contributed by atoms with Crippen LogP contribution in [-0.4, -0.2) is 30.0 Å². The molecule has 114 valence electrons. The molecule has 5 nitrogen and oxygen atoms in total. The minimum atomic E-state index is -1.58. The van der Waals surface area contributed by atoms with Gasteiger partial charge in [-0.25, -0.2) is 23.7 Å². The Kier molecular flexibility index (Phi) is 3.69. The number of hydrogen-bond acceptors (Lipinski definition) is 4. The van der Waals surface area contributed by atoms with E-state index < -0.39 is 22.4 Å². The third kappa shape index (κ3) is 2.39. The zero-order valence-corrected chi connectivity index (χ0v) is 12.7. The second-order valence-corrected chi connectivity index (χ2v) is 5.95. The van der Waals surface area contributed by atoms with E-state index in [0.717, 1.165) is 12.4 Å². The Balaban J connectivity index is 2.28. The van der Waals surface area contributed by atoms with Crippen molar-refractivity contribution < 1.29 is 13.0 Å². The summed E-state index contributed by atoms with van der Waals surface area (Å²) in [5, 5.41) is 0.355. The predicted octanol–water partition coefficient (Wildman–Crippen LogP) is 2.53. The van der Waals surface area contributed by atoms with Crippen LogP contribution >= 0.6 is 0 Å². The standard InChI is InChI=1S/C14H12F2N4OS/c1-3-20-7-10(9-4-8(15)5-18-13(9)20)12-17-6-11(16)14(19-12)22(2)21/h4-7H,3H2,1-2H3. The molecule has 8 heteroatoms. The van der Waals surface area contributed by atoms with Gasteiger partial charge in [-0.15, -0.1) is 0 Å². The highest BCUT2D eigenvalue weighted by Gasteiger charge is 2.17. The summed E-state index contributed by atoms with van der Waals surface area (Å²) in [6.07, 6.45) is 5.18. The van der Waals surface area contributed by atoms with E-state index in [4.69, 9.17) is 0 Å². The van der Waals surface area contributed by atoms with Gasteiger partial charge in [-0.2, -0.15) is 0 Å². The summed E-state index contributed by atoms with van der Waals surface area (Å²) < 4.78 is 40.4. The van der Waals surface area contributed by atoms with Gasteiger partial charge in [-0.05, 0) is 13.0 Å². The monoisotopic (exact) mass is 322 g/mol. The first kappa shape index (κ1) is 14.7. The Labute approximate surface area is 127 Å². The summed E-state index contributed by atoms with van der Waals surface area (Å²) in [5.41, 5.74) is 1.11. The van der Waals surface area contributed by atoms with E-state index in [9.17, 15) is 13.0 Å². The fraction of sp³-hybridized carbons (Fsp3) is 0.214. The lowest BCUT2D eigenvalue weighted by molar-refractivity contribution is 0.573. The minimum absolute atomic E-state index is 0.174. The summed E-state index contributed by atoms with van der Waals surface area (Å²) in [6.45, 7) is 2.55. The molecule has 0 N–H and O–H groups in total. The van der Waals surface area contributed by atoms with E-state index in [2.05, 4.69) is 15.0 Å². The van der Waals surface area contributed by atoms with Crippen LogP contribution in [0.4, 0.5) is 8.78 Å². The molecule has 0 aliphatic heterocycles. The van der Waals surface area contributed by atoms with Crippen molar-refractivity contribution >= 4 is 21.8 Å². The molecule has 22 heavy (non-hydrogen) atoms. The Morgan fingerprint density at radius 1 is 1.27 bits per heavy atom. The third-order valence-corrected chi connectivity index (χ3v) is 4.08. The predicted molar refractivity (Wildman–Crippen MR) is 78.7 cm³/mol. The molecule has 3 rings (SSSR count). The molecule has 3 aromatic rings. The highest BCUT2D eigenvalue weighted by Crippen LogP contribution is 2.28. The van der Waals surface area contributed by atoms with Crippen molar-refractivity contribution in [2.75, 3.05) is 6.26 Å². The van der Waals surface area contributed by atoms with Crippen LogP contribution in [0.25, 0.3) is 22.4 Å². The molecule has 0 fully saturated rings.